The maximum atomic E-state index is 11.5. The van der Waals surface area contributed by atoms with E-state index in [1.165, 1.54) is 6.26 Å². The van der Waals surface area contributed by atoms with Gasteiger partial charge in [0.2, 0.25) is 0 Å². The van der Waals surface area contributed by atoms with Gasteiger partial charge < -0.3 is 4.74 Å². The fourth-order valence-electron chi connectivity index (χ4n) is 1.35. The minimum absolute atomic E-state index is 0.126. The molecule has 0 aliphatic carbocycles. The molecule has 0 amide bonds. The van der Waals surface area contributed by atoms with E-state index in [1.807, 2.05) is 13.8 Å². The topological polar surface area (TPSA) is 43.4 Å². The molecule has 0 heterocycles. The maximum Gasteiger partial charge on any atom is 0.176 e. The van der Waals surface area contributed by atoms with Crippen LogP contribution in [0.3, 0.4) is 0 Å². The molecular formula is C11H15O3S. The summed E-state index contributed by atoms with van der Waals surface area (Å²) in [5.41, 5.74) is 0.747. The van der Waals surface area contributed by atoms with Crippen LogP contribution in [0.15, 0.2) is 17.0 Å². The zero-order valence-corrected chi connectivity index (χ0v) is 10.2. The predicted molar refractivity (Wildman–Crippen MR) is 59.0 cm³/mol. The SMILES string of the molecule is COc1c[c]c(S(C)(=O)=O)c(C(C)C)c1. The van der Waals surface area contributed by atoms with Crippen molar-refractivity contribution in [3.05, 3.63) is 23.8 Å². The van der Waals surface area contributed by atoms with Crippen LogP contribution < -0.4 is 4.74 Å². The van der Waals surface area contributed by atoms with E-state index in [1.54, 1.807) is 19.2 Å². The van der Waals surface area contributed by atoms with E-state index >= 15 is 0 Å². The van der Waals surface area contributed by atoms with Crippen molar-refractivity contribution in [3.8, 4) is 5.75 Å². The molecule has 1 aromatic carbocycles. The van der Waals surface area contributed by atoms with Crippen LogP contribution >= 0.6 is 0 Å². The quantitative estimate of drug-likeness (QED) is 0.793. The second kappa shape index (κ2) is 4.23. The summed E-state index contributed by atoms with van der Waals surface area (Å²) in [5.74, 6) is 0.757. The van der Waals surface area contributed by atoms with Gasteiger partial charge in [-0.15, -0.1) is 0 Å². The predicted octanol–water partition coefficient (Wildman–Crippen LogP) is 2.02. The summed E-state index contributed by atoms with van der Waals surface area (Å²) >= 11 is 0. The highest BCUT2D eigenvalue weighted by molar-refractivity contribution is 7.90. The first-order chi connectivity index (χ1) is 6.86. The van der Waals surface area contributed by atoms with Crippen molar-refractivity contribution in [2.24, 2.45) is 0 Å². The van der Waals surface area contributed by atoms with E-state index < -0.39 is 9.84 Å². The number of ether oxygens (including phenoxy) is 1. The van der Waals surface area contributed by atoms with Gasteiger partial charge in [-0.2, -0.15) is 0 Å². The zero-order valence-electron chi connectivity index (χ0n) is 9.37. The Morgan fingerprint density at radius 2 is 2.00 bits per heavy atom. The fraction of sp³-hybridized carbons (Fsp3) is 0.455. The minimum Gasteiger partial charge on any atom is -0.497 e. The van der Waals surface area contributed by atoms with Crippen LogP contribution in [0.2, 0.25) is 0 Å². The Morgan fingerprint density at radius 1 is 1.40 bits per heavy atom. The lowest BCUT2D eigenvalue weighted by atomic mass is 10.0. The molecular weight excluding hydrogens is 212 g/mol. The van der Waals surface area contributed by atoms with E-state index in [0.717, 1.165) is 5.56 Å². The molecule has 0 atom stereocenters. The first-order valence-electron chi connectivity index (χ1n) is 4.66. The van der Waals surface area contributed by atoms with Gasteiger partial charge in [-0.1, -0.05) is 13.8 Å². The van der Waals surface area contributed by atoms with Gasteiger partial charge in [-0.05, 0) is 23.6 Å². The lowest BCUT2D eigenvalue weighted by molar-refractivity contribution is 0.413. The number of hydrogen-bond donors (Lipinski definition) is 0. The highest BCUT2D eigenvalue weighted by Gasteiger charge is 2.16. The first kappa shape index (κ1) is 12.0. The Labute approximate surface area is 91.0 Å². The number of benzene rings is 1. The van der Waals surface area contributed by atoms with Gasteiger partial charge in [0.25, 0.3) is 0 Å². The minimum atomic E-state index is -3.21. The molecule has 15 heavy (non-hydrogen) atoms. The molecule has 0 unspecified atom stereocenters. The van der Waals surface area contributed by atoms with Gasteiger partial charge in [0.15, 0.2) is 9.84 Å². The van der Waals surface area contributed by atoms with Crippen molar-refractivity contribution in [2.75, 3.05) is 13.4 Å². The van der Waals surface area contributed by atoms with Gasteiger partial charge in [-0.25, -0.2) is 8.42 Å². The number of hydrogen-bond acceptors (Lipinski definition) is 3. The van der Waals surface area contributed by atoms with Crippen molar-refractivity contribution >= 4 is 9.84 Å². The number of methoxy groups -OCH3 is 1. The van der Waals surface area contributed by atoms with Crippen LogP contribution in [-0.4, -0.2) is 21.8 Å². The largest absolute Gasteiger partial charge is 0.497 e. The van der Waals surface area contributed by atoms with E-state index in [2.05, 4.69) is 6.07 Å². The Bertz CT molecular complexity index is 447. The molecule has 0 aliphatic rings. The summed E-state index contributed by atoms with van der Waals surface area (Å²) in [6, 6.07) is 6.06. The third-order valence-electron chi connectivity index (χ3n) is 2.13. The van der Waals surface area contributed by atoms with Crippen molar-refractivity contribution in [2.45, 2.75) is 24.7 Å². The molecule has 0 saturated heterocycles. The number of sulfone groups is 1. The molecule has 0 aromatic heterocycles. The zero-order chi connectivity index (χ0) is 11.6. The van der Waals surface area contributed by atoms with Gasteiger partial charge in [0.05, 0.1) is 12.0 Å². The molecule has 0 bridgehead atoms. The number of rotatable bonds is 3. The summed E-state index contributed by atoms with van der Waals surface area (Å²) in [4.78, 5) is 0.262. The van der Waals surface area contributed by atoms with Crippen LogP contribution in [0.1, 0.15) is 25.3 Å². The van der Waals surface area contributed by atoms with Crippen molar-refractivity contribution in [3.63, 3.8) is 0 Å². The maximum absolute atomic E-state index is 11.5. The van der Waals surface area contributed by atoms with Crippen LogP contribution in [0.5, 0.6) is 5.75 Å². The van der Waals surface area contributed by atoms with Crippen molar-refractivity contribution in [1.82, 2.24) is 0 Å². The first-order valence-corrected chi connectivity index (χ1v) is 6.55. The van der Waals surface area contributed by atoms with Gasteiger partial charge in [-0.3, -0.25) is 0 Å². The molecule has 4 heteroatoms. The third-order valence-corrected chi connectivity index (χ3v) is 3.23. The van der Waals surface area contributed by atoms with E-state index in [4.69, 9.17) is 4.74 Å². The summed E-state index contributed by atoms with van der Waals surface area (Å²) in [6.07, 6.45) is 1.19. The summed E-state index contributed by atoms with van der Waals surface area (Å²) < 4.78 is 28.0. The standard InChI is InChI=1S/C11H15O3S/c1-8(2)10-7-9(14-3)5-6-11(10)15(4,12)13/h5,7-8H,1-4H3. The van der Waals surface area contributed by atoms with E-state index in [9.17, 15) is 8.42 Å². The molecule has 3 nitrogen and oxygen atoms in total. The second-order valence-corrected chi connectivity index (χ2v) is 5.70. The van der Waals surface area contributed by atoms with Crippen LogP contribution in [0, 0.1) is 6.07 Å². The molecule has 0 spiro atoms. The molecule has 0 aliphatic heterocycles. The third kappa shape index (κ3) is 2.72. The Balaban J connectivity index is 3.41. The average molecular weight is 227 g/mol. The van der Waals surface area contributed by atoms with Crippen LogP contribution in [-0.2, 0) is 9.84 Å². The van der Waals surface area contributed by atoms with E-state index in [0.29, 0.717) is 5.75 Å². The van der Waals surface area contributed by atoms with Gasteiger partial charge in [0.1, 0.15) is 5.75 Å². The summed E-state index contributed by atoms with van der Waals surface area (Å²) in [7, 11) is -1.67. The molecule has 0 fully saturated rings. The molecule has 1 rings (SSSR count). The van der Waals surface area contributed by atoms with Gasteiger partial charge >= 0.3 is 0 Å². The highest BCUT2D eigenvalue weighted by Crippen LogP contribution is 2.27. The van der Waals surface area contributed by atoms with Crippen LogP contribution in [0.4, 0.5) is 0 Å². The molecule has 83 valence electrons. The Hall–Kier alpha value is -1.03. The Kier molecular flexibility index (Phi) is 3.39. The summed E-state index contributed by atoms with van der Waals surface area (Å²) in [6.45, 7) is 3.88. The van der Waals surface area contributed by atoms with E-state index in [-0.39, 0.29) is 10.8 Å². The van der Waals surface area contributed by atoms with Gasteiger partial charge in [0, 0.05) is 12.3 Å². The normalized spacial score (nSPS) is 11.8. The van der Waals surface area contributed by atoms with Crippen molar-refractivity contribution < 1.29 is 13.2 Å². The Morgan fingerprint density at radius 3 is 2.40 bits per heavy atom. The summed E-state index contributed by atoms with van der Waals surface area (Å²) in [5, 5.41) is 0. The molecule has 1 aromatic rings. The van der Waals surface area contributed by atoms with Crippen LogP contribution in [0.25, 0.3) is 0 Å². The lowest BCUT2D eigenvalue weighted by Gasteiger charge is -2.12. The fourth-order valence-corrected chi connectivity index (χ4v) is 2.34. The monoisotopic (exact) mass is 227 g/mol. The molecule has 1 radical (unpaired) electrons. The lowest BCUT2D eigenvalue weighted by Crippen LogP contribution is -2.04. The highest BCUT2D eigenvalue weighted by atomic mass is 32.2. The smallest absolute Gasteiger partial charge is 0.176 e. The molecule has 0 saturated carbocycles. The molecule has 0 N–H and O–H groups in total. The van der Waals surface area contributed by atoms with Crippen molar-refractivity contribution in [1.29, 1.82) is 0 Å². The second-order valence-electron chi connectivity index (χ2n) is 3.75. The average Bonchev–Trinajstić information content (AvgIpc) is 2.15.